The summed E-state index contributed by atoms with van der Waals surface area (Å²) in [6.45, 7) is 0. The fraction of sp³-hybridized carbons (Fsp3) is 0.143. The molecule has 1 fully saturated rings. The Labute approximate surface area is 185 Å². The average Bonchev–Trinajstić information content (AvgIpc) is 3.32. The van der Waals surface area contributed by atoms with E-state index in [2.05, 4.69) is 26.3 Å². The molecule has 30 heavy (non-hydrogen) atoms. The molecular weight excluding hydrogens is 470 g/mol. The first-order chi connectivity index (χ1) is 14.4. The number of hydrazone groups is 1. The minimum absolute atomic E-state index is 0.0609. The number of methoxy groups -OCH3 is 1. The van der Waals surface area contributed by atoms with Crippen molar-refractivity contribution in [1.29, 1.82) is 0 Å². The van der Waals surface area contributed by atoms with Crippen LogP contribution in [-0.4, -0.2) is 34.9 Å². The van der Waals surface area contributed by atoms with Crippen molar-refractivity contribution in [2.45, 2.75) is 12.5 Å². The van der Waals surface area contributed by atoms with Crippen molar-refractivity contribution in [3.63, 3.8) is 0 Å². The molecule has 0 bridgehead atoms. The van der Waals surface area contributed by atoms with E-state index in [1.165, 1.54) is 5.01 Å². The number of nitrogens with one attached hydrogen (secondary N) is 1. The maximum absolute atomic E-state index is 13.0. The van der Waals surface area contributed by atoms with Gasteiger partial charge < -0.3 is 4.74 Å². The van der Waals surface area contributed by atoms with E-state index in [9.17, 15) is 14.4 Å². The summed E-state index contributed by atoms with van der Waals surface area (Å²) >= 11 is 4.12. The Morgan fingerprint density at radius 1 is 1.20 bits per heavy atom. The Bertz CT molecular complexity index is 1080. The van der Waals surface area contributed by atoms with Crippen LogP contribution in [0.25, 0.3) is 0 Å². The summed E-state index contributed by atoms with van der Waals surface area (Å²) in [5.41, 5.74) is 2.55. The summed E-state index contributed by atoms with van der Waals surface area (Å²) in [5.74, 6) is -0.325. The van der Waals surface area contributed by atoms with Crippen molar-refractivity contribution in [3.8, 4) is 5.75 Å². The number of rotatable bonds is 4. The first kappa shape index (κ1) is 20.4. The van der Waals surface area contributed by atoms with E-state index in [1.54, 1.807) is 7.11 Å². The molecule has 2 aromatic rings. The molecule has 0 spiro atoms. The number of hydrogen-bond acceptors (Lipinski definition) is 6. The lowest BCUT2D eigenvalue weighted by atomic mass is 9.98. The lowest BCUT2D eigenvalue weighted by Crippen LogP contribution is -2.26. The van der Waals surface area contributed by atoms with E-state index in [0.29, 0.717) is 23.9 Å². The number of imide groups is 1. The van der Waals surface area contributed by atoms with Crippen LogP contribution in [0.4, 0.5) is 4.79 Å². The lowest BCUT2D eigenvalue weighted by Gasteiger charge is -2.21. The Morgan fingerprint density at radius 3 is 2.50 bits per heavy atom. The van der Waals surface area contributed by atoms with Crippen LogP contribution in [-0.2, 0) is 9.59 Å². The van der Waals surface area contributed by atoms with Crippen molar-refractivity contribution < 1.29 is 19.1 Å². The van der Waals surface area contributed by atoms with Gasteiger partial charge in [0.1, 0.15) is 5.75 Å². The van der Waals surface area contributed by atoms with Crippen molar-refractivity contribution in [2.24, 2.45) is 5.10 Å². The van der Waals surface area contributed by atoms with Crippen molar-refractivity contribution in [2.75, 3.05) is 7.11 Å². The molecule has 1 unspecified atom stereocenters. The maximum atomic E-state index is 13.0. The molecule has 7 nitrogen and oxygen atoms in total. The number of halogens is 1. The summed E-state index contributed by atoms with van der Waals surface area (Å²) in [6, 6.07) is 14.8. The van der Waals surface area contributed by atoms with Crippen LogP contribution < -0.4 is 10.1 Å². The monoisotopic (exact) mass is 485 g/mol. The van der Waals surface area contributed by atoms with Crippen molar-refractivity contribution in [3.05, 3.63) is 75.1 Å². The maximum Gasteiger partial charge on any atom is 0.290 e. The molecule has 0 saturated carbocycles. The van der Waals surface area contributed by atoms with Gasteiger partial charge in [0.25, 0.3) is 17.1 Å². The summed E-state index contributed by atoms with van der Waals surface area (Å²) in [5, 5.41) is 7.58. The molecule has 2 aliphatic rings. The number of nitrogens with zero attached hydrogens (tertiary/aromatic N) is 2. The minimum atomic E-state index is -0.573. The molecule has 2 aliphatic heterocycles. The molecule has 2 heterocycles. The fourth-order valence-electron chi connectivity index (χ4n) is 3.22. The van der Waals surface area contributed by atoms with E-state index < -0.39 is 17.1 Å². The Balaban J connectivity index is 1.68. The number of ether oxygens (including phenoxy) is 1. The molecule has 2 aromatic carbocycles. The number of carbonyl (C=O) groups excluding carboxylic acids is 3. The molecule has 0 radical (unpaired) electrons. The molecule has 1 atom stereocenters. The van der Waals surface area contributed by atoms with Gasteiger partial charge >= 0.3 is 0 Å². The van der Waals surface area contributed by atoms with Gasteiger partial charge in [-0.05, 0) is 47.2 Å². The second kappa shape index (κ2) is 8.45. The molecule has 4 rings (SSSR count). The Kier molecular flexibility index (Phi) is 5.74. The van der Waals surface area contributed by atoms with E-state index >= 15 is 0 Å². The number of hydrogen-bond donors (Lipinski definition) is 1. The number of thioether (sulfide) groups is 1. The third-order valence-corrected chi connectivity index (χ3v) is 6.05. The van der Waals surface area contributed by atoms with E-state index in [1.807, 2.05) is 48.5 Å². The molecule has 3 amide bonds. The van der Waals surface area contributed by atoms with Crippen LogP contribution in [0.15, 0.2) is 69.1 Å². The predicted molar refractivity (Wildman–Crippen MR) is 117 cm³/mol. The molecule has 0 aliphatic carbocycles. The quantitative estimate of drug-likeness (QED) is 0.661. The summed E-state index contributed by atoms with van der Waals surface area (Å²) in [7, 11) is 1.59. The summed E-state index contributed by atoms with van der Waals surface area (Å²) in [4.78, 5) is 36.3. The van der Waals surface area contributed by atoms with Gasteiger partial charge in [0.05, 0.1) is 23.8 Å². The zero-order valence-corrected chi connectivity index (χ0v) is 18.2. The second-order valence-corrected chi connectivity index (χ2v) is 8.51. The highest BCUT2D eigenvalue weighted by Gasteiger charge is 2.34. The van der Waals surface area contributed by atoms with Gasteiger partial charge in [-0.25, -0.2) is 5.01 Å². The normalized spacial score (nSPS) is 19.8. The van der Waals surface area contributed by atoms with Crippen LogP contribution in [0.3, 0.4) is 0 Å². The summed E-state index contributed by atoms with van der Waals surface area (Å²) < 4.78 is 6.16. The van der Waals surface area contributed by atoms with E-state index in [0.717, 1.165) is 27.4 Å². The molecule has 1 saturated heterocycles. The van der Waals surface area contributed by atoms with Gasteiger partial charge in [-0.3, -0.25) is 19.7 Å². The summed E-state index contributed by atoms with van der Waals surface area (Å²) in [6.07, 6.45) is 1.68. The second-order valence-electron chi connectivity index (χ2n) is 6.58. The van der Waals surface area contributed by atoms with E-state index in [4.69, 9.17) is 4.74 Å². The highest BCUT2D eigenvalue weighted by molar-refractivity contribution is 9.10. The smallest absolute Gasteiger partial charge is 0.290 e. The highest BCUT2D eigenvalue weighted by atomic mass is 79.9. The highest BCUT2D eigenvalue weighted by Crippen LogP contribution is 2.35. The fourth-order valence-corrected chi connectivity index (χ4v) is 4.13. The number of carbonyl (C=O) groups is 3. The van der Waals surface area contributed by atoms with Gasteiger partial charge in [-0.15, -0.1) is 0 Å². The SMILES string of the molecule is COc1ccc(C2CC(c3ccc(Br)cc3)=NN2C(=O)/C=C2\SC(=O)NC2=O)cc1. The van der Waals surface area contributed by atoms with Crippen LogP contribution >= 0.6 is 27.7 Å². The predicted octanol–water partition coefficient (Wildman–Crippen LogP) is 4.00. The molecule has 1 N–H and O–H groups in total. The molecule has 152 valence electrons. The van der Waals surface area contributed by atoms with Gasteiger partial charge in [0.15, 0.2) is 0 Å². The van der Waals surface area contributed by atoms with Crippen LogP contribution in [0.1, 0.15) is 23.6 Å². The van der Waals surface area contributed by atoms with Crippen molar-refractivity contribution >= 4 is 50.5 Å². The standard InChI is InChI=1S/C21H16BrN3O4S/c1-29-15-8-4-13(5-9-15)17-10-16(12-2-6-14(22)7-3-12)24-25(17)19(26)11-18-20(27)23-21(28)30-18/h2-9,11,17H,10H2,1H3,(H,23,27,28)/b18-11-. The first-order valence-electron chi connectivity index (χ1n) is 9.00. The lowest BCUT2D eigenvalue weighted by molar-refractivity contribution is -0.128. The van der Waals surface area contributed by atoms with Crippen molar-refractivity contribution in [1.82, 2.24) is 10.3 Å². The first-order valence-corrected chi connectivity index (χ1v) is 10.6. The molecule has 0 aromatic heterocycles. The number of amides is 3. The molecular formula is C21H16BrN3O4S. The van der Waals surface area contributed by atoms with Gasteiger partial charge in [-0.1, -0.05) is 40.2 Å². The topological polar surface area (TPSA) is 88.1 Å². The Morgan fingerprint density at radius 2 is 1.90 bits per heavy atom. The third-order valence-electron chi connectivity index (χ3n) is 4.71. The van der Waals surface area contributed by atoms with Crippen LogP contribution in [0.5, 0.6) is 5.75 Å². The van der Waals surface area contributed by atoms with Gasteiger partial charge in [-0.2, -0.15) is 5.10 Å². The zero-order valence-electron chi connectivity index (χ0n) is 15.8. The third kappa shape index (κ3) is 4.17. The zero-order chi connectivity index (χ0) is 21.3. The van der Waals surface area contributed by atoms with E-state index in [-0.39, 0.29) is 10.9 Å². The average molecular weight is 486 g/mol. The largest absolute Gasteiger partial charge is 0.497 e. The molecule has 9 heteroatoms. The van der Waals surface area contributed by atoms with Crippen LogP contribution in [0, 0.1) is 0 Å². The van der Waals surface area contributed by atoms with Crippen LogP contribution in [0.2, 0.25) is 0 Å². The Hall–Kier alpha value is -2.91. The number of benzene rings is 2. The van der Waals surface area contributed by atoms with Gasteiger partial charge in [0.2, 0.25) is 0 Å². The van der Waals surface area contributed by atoms with Gasteiger partial charge in [0, 0.05) is 17.0 Å². The minimum Gasteiger partial charge on any atom is -0.497 e.